The van der Waals surface area contributed by atoms with Crippen LogP contribution in [0, 0.1) is 0 Å². The summed E-state index contributed by atoms with van der Waals surface area (Å²) in [5.41, 5.74) is 3.34. The molecule has 1 fully saturated rings. The largest absolute Gasteiger partial charge is 0.493 e. The van der Waals surface area contributed by atoms with Gasteiger partial charge in [0.25, 0.3) is 0 Å². The lowest BCUT2D eigenvalue weighted by molar-refractivity contribution is 0.357. The Morgan fingerprint density at radius 3 is 3.16 bits per heavy atom. The summed E-state index contributed by atoms with van der Waals surface area (Å²) in [6.07, 6.45) is 5.07. The van der Waals surface area contributed by atoms with Crippen LogP contribution in [-0.2, 0) is 13.0 Å². The number of benzene rings is 1. The standard InChI is InChI=1S/C15H16N2O2/c1-4-14-10(5-6-18-14)7-11(1)15-13(17-9-19-15)8-16-12-2-3-12/h1,4,7,9,12,16H,2-3,5-6,8H2. The molecule has 1 aliphatic carbocycles. The van der Waals surface area contributed by atoms with Gasteiger partial charge in [-0.3, -0.25) is 0 Å². The molecule has 0 spiro atoms. The summed E-state index contributed by atoms with van der Waals surface area (Å²) in [6, 6.07) is 6.91. The lowest BCUT2D eigenvalue weighted by Gasteiger charge is -2.04. The minimum Gasteiger partial charge on any atom is -0.493 e. The smallest absolute Gasteiger partial charge is 0.181 e. The third kappa shape index (κ3) is 2.12. The van der Waals surface area contributed by atoms with E-state index in [0.717, 1.165) is 42.3 Å². The van der Waals surface area contributed by atoms with Crippen LogP contribution in [0.15, 0.2) is 29.0 Å². The van der Waals surface area contributed by atoms with Crippen molar-refractivity contribution in [3.05, 3.63) is 35.9 Å². The van der Waals surface area contributed by atoms with Crippen molar-refractivity contribution in [1.29, 1.82) is 0 Å². The van der Waals surface area contributed by atoms with Gasteiger partial charge in [0, 0.05) is 24.6 Å². The highest BCUT2D eigenvalue weighted by atomic mass is 16.5. The highest BCUT2D eigenvalue weighted by Crippen LogP contribution is 2.32. The van der Waals surface area contributed by atoms with Crippen molar-refractivity contribution in [2.24, 2.45) is 0 Å². The maximum Gasteiger partial charge on any atom is 0.181 e. The number of fused-ring (bicyclic) bond motifs is 1. The second kappa shape index (κ2) is 4.38. The minimum atomic E-state index is 0.679. The molecular weight excluding hydrogens is 240 g/mol. The third-order valence-corrected chi connectivity index (χ3v) is 3.73. The molecule has 0 unspecified atom stereocenters. The summed E-state index contributed by atoms with van der Waals surface area (Å²) in [4.78, 5) is 4.33. The molecule has 0 radical (unpaired) electrons. The van der Waals surface area contributed by atoms with Crippen molar-refractivity contribution in [3.8, 4) is 17.1 Å². The molecule has 0 saturated heterocycles. The number of hydrogen-bond donors (Lipinski definition) is 1. The van der Waals surface area contributed by atoms with Crippen molar-refractivity contribution >= 4 is 0 Å². The Kier molecular flexibility index (Phi) is 2.55. The fraction of sp³-hybridized carbons (Fsp3) is 0.400. The minimum absolute atomic E-state index is 0.679. The van der Waals surface area contributed by atoms with Crippen LogP contribution in [0.3, 0.4) is 0 Å². The number of hydrogen-bond acceptors (Lipinski definition) is 4. The molecule has 19 heavy (non-hydrogen) atoms. The van der Waals surface area contributed by atoms with Crippen molar-refractivity contribution < 1.29 is 9.15 Å². The van der Waals surface area contributed by atoms with E-state index in [4.69, 9.17) is 9.15 Å². The molecule has 1 N–H and O–H groups in total. The van der Waals surface area contributed by atoms with Crippen molar-refractivity contribution in [2.45, 2.75) is 31.8 Å². The number of rotatable bonds is 4. The van der Waals surface area contributed by atoms with Gasteiger partial charge in [-0.1, -0.05) is 0 Å². The first-order valence-corrected chi connectivity index (χ1v) is 6.82. The molecule has 1 aromatic heterocycles. The van der Waals surface area contributed by atoms with Crippen LogP contribution in [0.5, 0.6) is 5.75 Å². The summed E-state index contributed by atoms with van der Waals surface area (Å²) < 4.78 is 11.1. The first-order chi connectivity index (χ1) is 9.40. The normalized spacial score (nSPS) is 17.3. The van der Waals surface area contributed by atoms with E-state index >= 15 is 0 Å². The quantitative estimate of drug-likeness (QED) is 0.913. The summed E-state index contributed by atoms with van der Waals surface area (Å²) in [6.45, 7) is 1.56. The van der Waals surface area contributed by atoms with E-state index in [1.54, 1.807) is 0 Å². The zero-order valence-corrected chi connectivity index (χ0v) is 10.7. The molecule has 2 aromatic rings. The Morgan fingerprint density at radius 1 is 1.32 bits per heavy atom. The van der Waals surface area contributed by atoms with Gasteiger partial charge >= 0.3 is 0 Å². The molecule has 4 rings (SSSR count). The number of nitrogens with one attached hydrogen (secondary N) is 1. The molecule has 98 valence electrons. The lowest BCUT2D eigenvalue weighted by Crippen LogP contribution is -2.15. The Bertz CT molecular complexity index is 602. The Hall–Kier alpha value is -1.81. The number of aromatic nitrogens is 1. The zero-order valence-electron chi connectivity index (χ0n) is 10.7. The van der Waals surface area contributed by atoms with E-state index in [1.807, 2.05) is 12.1 Å². The maximum absolute atomic E-state index is 5.57. The van der Waals surface area contributed by atoms with E-state index in [9.17, 15) is 0 Å². The van der Waals surface area contributed by atoms with Gasteiger partial charge in [-0.2, -0.15) is 0 Å². The fourth-order valence-electron chi connectivity index (χ4n) is 2.49. The van der Waals surface area contributed by atoms with Gasteiger partial charge in [0.1, 0.15) is 11.4 Å². The van der Waals surface area contributed by atoms with Crippen LogP contribution in [-0.4, -0.2) is 17.6 Å². The average Bonchev–Trinajstić information content (AvgIpc) is 2.97. The van der Waals surface area contributed by atoms with Crippen LogP contribution in [0.2, 0.25) is 0 Å². The van der Waals surface area contributed by atoms with Crippen LogP contribution >= 0.6 is 0 Å². The van der Waals surface area contributed by atoms with Crippen molar-refractivity contribution in [2.75, 3.05) is 6.61 Å². The maximum atomic E-state index is 5.57. The molecule has 1 saturated carbocycles. The van der Waals surface area contributed by atoms with Gasteiger partial charge in [0.05, 0.1) is 6.61 Å². The fourth-order valence-corrected chi connectivity index (χ4v) is 2.49. The summed E-state index contributed by atoms with van der Waals surface area (Å²) >= 11 is 0. The number of oxazole rings is 1. The SMILES string of the molecule is c1nc(CNC2CC2)c(-c2ccc3c(c2)CCO3)o1. The predicted octanol–water partition coefficient (Wildman–Crippen LogP) is 2.53. The number of ether oxygens (including phenoxy) is 1. The first-order valence-electron chi connectivity index (χ1n) is 6.82. The average molecular weight is 256 g/mol. The Labute approximate surface area is 111 Å². The van der Waals surface area contributed by atoms with E-state index < -0.39 is 0 Å². The summed E-state index contributed by atoms with van der Waals surface area (Å²) in [5, 5.41) is 3.47. The molecule has 4 nitrogen and oxygen atoms in total. The molecule has 0 atom stereocenters. The first kappa shape index (κ1) is 11.1. The molecule has 2 heterocycles. The van der Waals surface area contributed by atoms with Gasteiger partial charge < -0.3 is 14.5 Å². The highest BCUT2D eigenvalue weighted by Gasteiger charge is 2.22. The molecule has 0 bridgehead atoms. The molecule has 0 amide bonds. The monoisotopic (exact) mass is 256 g/mol. The molecule has 4 heteroatoms. The topological polar surface area (TPSA) is 47.3 Å². The molecular formula is C15H16N2O2. The zero-order chi connectivity index (χ0) is 12.7. The Balaban J connectivity index is 1.62. The van der Waals surface area contributed by atoms with Crippen LogP contribution in [0.25, 0.3) is 11.3 Å². The van der Waals surface area contributed by atoms with E-state index in [1.165, 1.54) is 24.8 Å². The van der Waals surface area contributed by atoms with Crippen LogP contribution in [0.1, 0.15) is 24.1 Å². The van der Waals surface area contributed by atoms with Crippen molar-refractivity contribution in [3.63, 3.8) is 0 Å². The lowest BCUT2D eigenvalue weighted by atomic mass is 10.1. The highest BCUT2D eigenvalue weighted by molar-refractivity contribution is 5.63. The summed E-state index contributed by atoms with van der Waals surface area (Å²) in [5.74, 6) is 1.88. The Morgan fingerprint density at radius 2 is 2.26 bits per heavy atom. The van der Waals surface area contributed by atoms with Crippen LogP contribution in [0.4, 0.5) is 0 Å². The second-order valence-electron chi connectivity index (χ2n) is 5.20. The van der Waals surface area contributed by atoms with Gasteiger partial charge in [-0.15, -0.1) is 0 Å². The van der Waals surface area contributed by atoms with E-state index in [-0.39, 0.29) is 0 Å². The van der Waals surface area contributed by atoms with Gasteiger partial charge in [-0.25, -0.2) is 4.98 Å². The van der Waals surface area contributed by atoms with E-state index in [2.05, 4.69) is 16.4 Å². The number of nitrogens with zero attached hydrogens (tertiary/aromatic N) is 1. The molecule has 2 aliphatic rings. The van der Waals surface area contributed by atoms with Gasteiger partial charge in [0.15, 0.2) is 12.2 Å². The second-order valence-corrected chi connectivity index (χ2v) is 5.20. The van der Waals surface area contributed by atoms with E-state index in [0.29, 0.717) is 6.04 Å². The predicted molar refractivity (Wildman–Crippen MR) is 71.0 cm³/mol. The van der Waals surface area contributed by atoms with Gasteiger partial charge in [0.2, 0.25) is 0 Å². The molecule has 1 aromatic carbocycles. The van der Waals surface area contributed by atoms with Gasteiger partial charge in [-0.05, 0) is 36.6 Å². The molecule has 1 aliphatic heterocycles. The van der Waals surface area contributed by atoms with Crippen LogP contribution < -0.4 is 10.1 Å². The summed E-state index contributed by atoms with van der Waals surface area (Å²) in [7, 11) is 0. The third-order valence-electron chi connectivity index (χ3n) is 3.73. The van der Waals surface area contributed by atoms with Crippen molar-refractivity contribution in [1.82, 2.24) is 10.3 Å².